The van der Waals surface area contributed by atoms with Crippen molar-refractivity contribution in [3.05, 3.63) is 105 Å². The summed E-state index contributed by atoms with van der Waals surface area (Å²) < 4.78 is 115. The van der Waals surface area contributed by atoms with Crippen LogP contribution in [0.3, 0.4) is 0 Å². The third kappa shape index (κ3) is 7.63. The second-order valence-corrected chi connectivity index (χ2v) is 10.9. The van der Waals surface area contributed by atoms with E-state index in [1.165, 1.54) is 7.11 Å². The van der Waals surface area contributed by atoms with Crippen LogP contribution in [0.5, 0.6) is 17.5 Å². The average molecular weight is 721 g/mol. The predicted octanol–water partition coefficient (Wildman–Crippen LogP) is 6.11. The summed E-state index contributed by atoms with van der Waals surface area (Å²) in [5, 5.41) is 22.0. The minimum atomic E-state index is -4.58. The highest BCUT2D eigenvalue weighted by atomic mass is 35.5. The lowest BCUT2D eigenvalue weighted by Gasteiger charge is -2.11. The van der Waals surface area contributed by atoms with Crippen molar-refractivity contribution in [3.63, 3.8) is 0 Å². The third-order valence-corrected chi connectivity index (χ3v) is 7.20. The molecule has 0 unspecified atom stereocenters. The Morgan fingerprint density at radius 3 is 2.29 bits per heavy atom. The fourth-order valence-corrected chi connectivity index (χ4v) is 4.80. The molecule has 5 aromatic rings. The predicted molar refractivity (Wildman–Crippen MR) is 151 cm³/mol. The number of hydrogen-bond acceptors (Lipinski definition) is 10. The number of sulfonamides is 1. The lowest BCUT2D eigenvalue weighted by atomic mass is 10.1. The van der Waals surface area contributed by atoms with Gasteiger partial charge in [-0.25, -0.2) is 22.9 Å². The molecule has 5 rings (SSSR count). The summed E-state index contributed by atoms with van der Waals surface area (Å²) in [7, 11) is -3.37. The largest absolute Gasteiger partial charge is 0.477 e. The molecular formula is C26H15ClF6N6O8S. The first kappa shape index (κ1) is 35.2. The highest BCUT2D eigenvalue weighted by Gasteiger charge is 2.31. The molecule has 252 valence electrons. The van der Waals surface area contributed by atoms with Crippen molar-refractivity contribution < 1.29 is 59.1 Å². The molecule has 0 saturated carbocycles. The number of aromatic nitrogens is 4. The maximum absolute atomic E-state index is 13.7. The van der Waals surface area contributed by atoms with E-state index in [0.717, 1.165) is 54.7 Å². The second-order valence-electron chi connectivity index (χ2n) is 8.91. The summed E-state index contributed by atoms with van der Waals surface area (Å²) in [5.41, 5.74) is -3.62. The van der Waals surface area contributed by atoms with Crippen LogP contribution in [0, 0.1) is 27.6 Å². The Kier molecular flexibility index (Phi) is 9.94. The van der Waals surface area contributed by atoms with Gasteiger partial charge in [0.15, 0.2) is 11.5 Å². The average Bonchev–Trinajstić information content (AvgIpc) is 3.48. The second kappa shape index (κ2) is 13.6. The highest BCUT2D eigenvalue weighted by Crippen LogP contribution is 2.37. The Labute approximate surface area is 268 Å². The number of carboxylic acid groups (broad SMARTS) is 1. The Morgan fingerprint density at radius 2 is 1.73 bits per heavy atom. The van der Waals surface area contributed by atoms with Crippen molar-refractivity contribution in [1.29, 1.82) is 0 Å². The zero-order chi connectivity index (χ0) is 35.6. The maximum Gasteiger partial charge on any atom is 0.416 e. The van der Waals surface area contributed by atoms with Crippen molar-refractivity contribution in [1.82, 2.24) is 19.6 Å². The number of alkyl halides is 3. The smallest absolute Gasteiger partial charge is 0.416 e. The molecule has 2 N–H and O–H groups in total. The number of benzene rings is 3. The molecule has 0 spiro atoms. The zero-order valence-corrected chi connectivity index (χ0v) is 24.9. The molecule has 14 nitrogen and oxygen atoms in total. The number of halogens is 7. The Balaban J connectivity index is 0.000000217. The van der Waals surface area contributed by atoms with Gasteiger partial charge in [-0.1, -0.05) is 17.7 Å². The van der Waals surface area contributed by atoms with Crippen LogP contribution in [0.2, 0.25) is 5.02 Å². The first-order valence-corrected chi connectivity index (χ1v) is 14.3. The van der Waals surface area contributed by atoms with Crippen LogP contribution in [-0.2, 0) is 16.2 Å². The number of nitro groups is 1. The van der Waals surface area contributed by atoms with Crippen LogP contribution < -0.4 is 14.2 Å². The first-order chi connectivity index (χ1) is 22.4. The molecule has 3 aromatic carbocycles. The molecule has 0 aliphatic rings. The lowest BCUT2D eigenvalue weighted by Crippen LogP contribution is -2.16. The van der Waals surface area contributed by atoms with Gasteiger partial charge in [0.2, 0.25) is 0 Å². The number of nitro benzene ring substituents is 1. The van der Waals surface area contributed by atoms with Gasteiger partial charge in [0.1, 0.15) is 34.4 Å². The van der Waals surface area contributed by atoms with Crippen LogP contribution in [-0.4, -0.2) is 51.1 Å². The number of fused-ring (bicyclic) bond motifs is 1. The van der Waals surface area contributed by atoms with Gasteiger partial charge < -0.3 is 14.6 Å². The molecule has 0 bridgehead atoms. The number of methoxy groups -OCH3 is 1. The van der Waals surface area contributed by atoms with Crippen LogP contribution >= 0.6 is 11.6 Å². The normalized spacial score (nSPS) is 11.4. The van der Waals surface area contributed by atoms with Crippen LogP contribution in [0.4, 0.5) is 37.7 Å². The number of nitrogens with zero attached hydrogens (tertiary/aromatic N) is 5. The van der Waals surface area contributed by atoms with Crippen molar-refractivity contribution in [2.45, 2.75) is 11.3 Å². The molecule has 0 fully saturated rings. The van der Waals surface area contributed by atoms with Gasteiger partial charge in [0.05, 0.1) is 28.8 Å². The molecule has 0 aliphatic heterocycles. The summed E-state index contributed by atoms with van der Waals surface area (Å²) in [4.78, 5) is 28.0. The third-order valence-electron chi connectivity index (χ3n) is 5.78. The summed E-state index contributed by atoms with van der Waals surface area (Å²) in [5.74, 6) is -5.05. The fraction of sp³-hybridized carbons (Fsp3) is 0.0769. The molecule has 2 aromatic heterocycles. The zero-order valence-electron chi connectivity index (χ0n) is 23.4. The van der Waals surface area contributed by atoms with E-state index in [0.29, 0.717) is 10.6 Å². The number of nitrogens with one attached hydrogen (secondary N) is 1. The standard InChI is InChI=1S/C14H7ClF3NO5.C12H8F3N5O3S/c15-10-5-7(14(16,17)18)1-4-12(10)24-8-2-3-11(19(22)23)9(6-8)13(20)21;1-23-12-16-5-8(15)10-17-11(18-20(10)12)24(21,22)19-9-6(13)3-2-4-7(9)14/h1-6H,(H,20,21);2-5,19H,1H3. The molecule has 0 amide bonds. The quantitative estimate of drug-likeness (QED) is 0.107. The minimum Gasteiger partial charge on any atom is -0.477 e. The highest BCUT2D eigenvalue weighted by molar-refractivity contribution is 7.92. The van der Waals surface area contributed by atoms with Crippen molar-refractivity contribution in [3.8, 4) is 17.5 Å². The van der Waals surface area contributed by atoms with Gasteiger partial charge in [-0.2, -0.15) is 31.1 Å². The molecule has 0 radical (unpaired) electrons. The van der Waals surface area contributed by atoms with E-state index in [2.05, 4.69) is 15.1 Å². The number of rotatable bonds is 8. The summed E-state index contributed by atoms with van der Waals surface area (Å²) in [6.07, 6.45) is -3.81. The van der Waals surface area contributed by atoms with Gasteiger partial charge >= 0.3 is 18.2 Å². The van der Waals surface area contributed by atoms with E-state index >= 15 is 0 Å². The Hall–Kier alpha value is -5.70. The van der Waals surface area contributed by atoms with E-state index in [9.17, 15) is 49.7 Å². The molecule has 22 heteroatoms. The number of anilines is 1. The first-order valence-electron chi connectivity index (χ1n) is 12.4. The molecule has 2 heterocycles. The van der Waals surface area contributed by atoms with Gasteiger partial charge in [-0.3, -0.25) is 14.8 Å². The minimum absolute atomic E-state index is 0.125. The van der Waals surface area contributed by atoms with Crippen LogP contribution in [0.1, 0.15) is 15.9 Å². The van der Waals surface area contributed by atoms with E-state index in [-0.39, 0.29) is 22.5 Å². The number of carboxylic acids is 1. The van der Waals surface area contributed by atoms with E-state index in [1.807, 2.05) is 0 Å². The van der Waals surface area contributed by atoms with Crippen molar-refractivity contribution in [2.24, 2.45) is 0 Å². The van der Waals surface area contributed by atoms with Crippen LogP contribution in [0.15, 0.2) is 66.0 Å². The summed E-state index contributed by atoms with van der Waals surface area (Å²) >= 11 is 5.72. The Bertz CT molecular complexity index is 2150. The van der Waals surface area contributed by atoms with Gasteiger partial charge in [0, 0.05) is 12.1 Å². The molecule has 48 heavy (non-hydrogen) atoms. The molecular weight excluding hydrogens is 706 g/mol. The van der Waals surface area contributed by atoms with E-state index in [4.69, 9.17) is 26.2 Å². The van der Waals surface area contributed by atoms with Crippen LogP contribution in [0.25, 0.3) is 5.65 Å². The van der Waals surface area contributed by atoms with Gasteiger partial charge in [-0.15, -0.1) is 5.10 Å². The van der Waals surface area contributed by atoms with Gasteiger partial charge in [-0.05, 0) is 36.4 Å². The molecule has 0 aliphatic carbocycles. The van der Waals surface area contributed by atoms with Crippen molar-refractivity contribution >= 4 is 44.6 Å². The van der Waals surface area contributed by atoms with Crippen molar-refractivity contribution in [2.75, 3.05) is 11.8 Å². The summed E-state index contributed by atoms with van der Waals surface area (Å²) in [6.45, 7) is 0. The van der Waals surface area contributed by atoms with E-state index < -0.39 is 77.8 Å². The number of carbonyl (C=O) groups is 1. The Morgan fingerprint density at radius 1 is 1.06 bits per heavy atom. The lowest BCUT2D eigenvalue weighted by molar-refractivity contribution is -0.385. The maximum atomic E-state index is 13.7. The SMILES string of the molecule is COc1ncc(F)c2nc(S(=O)(=O)Nc3c(F)cccc3F)nn12.O=C(O)c1cc(Oc2ccc(C(F)(F)F)cc2Cl)ccc1[N+](=O)[O-]. The fourth-order valence-electron chi connectivity index (χ4n) is 3.63. The number of aromatic carboxylic acids is 1. The number of para-hydroxylation sites is 1. The molecule has 0 saturated heterocycles. The monoisotopic (exact) mass is 720 g/mol. The number of ether oxygens (including phenoxy) is 2. The topological polar surface area (TPSA) is 188 Å². The molecule has 0 atom stereocenters. The van der Waals surface area contributed by atoms with E-state index in [1.54, 1.807) is 4.72 Å². The summed E-state index contributed by atoms with van der Waals surface area (Å²) in [6, 6.07) is 7.84. The van der Waals surface area contributed by atoms with Gasteiger partial charge in [0.25, 0.3) is 20.9 Å². The number of hydrogen-bond donors (Lipinski definition) is 2.